The van der Waals surface area contributed by atoms with E-state index in [9.17, 15) is 9.59 Å². The van der Waals surface area contributed by atoms with Gasteiger partial charge in [-0.3, -0.25) is 9.59 Å². The molecule has 1 aliphatic heterocycles. The van der Waals surface area contributed by atoms with Crippen LogP contribution in [0.3, 0.4) is 0 Å². The first-order valence-corrected chi connectivity index (χ1v) is 11.4. The number of H-pyrrole nitrogens is 2. The molecule has 3 heterocycles. The number of rotatable bonds is 6. The third-order valence-corrected chi connectivity index (χ3v) is 6.27. The molecule has 0 aliphatic carbocycles. The third-order valence-electron chi connectivity index (χ3n) is 6.27. The molecule has 2 aromatic carbocycles. The second-order valence-electron chi connectivity index (χ2n) is 8.67. The minimum Gasteiger partial charge on any atom is -0.353 e. The van der Waals surface area contributed by atoms with E-state index in [0.29, 0.717) is 29.0 Å². The van der Waals surface area contributed by atoms with Gasteiger partial charge in [-0.2, -0.15) is 0 Å². The van der Waals surface area contributed by atoms with Crippen LogP contribution in [0.15, 0.2) is 53.3 Å². The number of aromatic amines is 2. The van der Waals surface area contributed by atoms with Gasteiger partial charge in [-0.15, -0.1) is 0 Å². The fourth-order valence-electron chi connectivity index (χ4n) is 4.29. The Morgan fingerprint density at radius 2 is 1.85 bits per heavy atom. The van der Waals surface area contributed by atoms with Gasteiger partial charge in [0.05, 0.1) is 16.7 Å². The number of piperazine rings is 1. The lowest BCUT2D eigenvalue weighted by atomic mass is 10.1. The molecule has 8 nitrogen and oxygen atoms in total. The summed E-state index contributed by atoms with van der Waals surface area (Å²) in [4.78, 5) is 40.7. The Bertz CT molecular complexity index is 1350. The van der Waals surface area contributed by atoms with Gasteiger partial charge in [0, 0.05) is 49.2 Å². The summed E-state index contributed by atoms with van der Waals surface area (Å²) in [6.45, 7) is 6.04. The largest absolute Gasteiger partial charge is 0.353 e. The van der Waals surface area contributed by atoms with Crippen LogP contribution in [0.25, 0.3) is 33.3 Å². The van der Waals surface area contributed by atoms with Crippen molar-refractivity contribution in [1.29, 1.82) is 0 Å². The summed E-state index contributed by atoms with van der Waals surface area (Å²) in [7, 11) is 2.15. The van der Waals surface area contributed by atoms with E-state index < -0.39 is 0 Å². The molecule has 1 saturated heterocycles. The first kappa shape index (κ1) is 21.4. The lowest BCUT2D eigenvalue weighted by Crippen LogP contribution is -2.45. The normalized spacial score (nSPS) is 15.3. The van der Waals surface area contributed by atoms with Crippen molar-refractivity contribution >= 4 is 27.8 Å². The molecular formula is C25H28N6O2. The van der Waals surface area contributed by atoms with E-state index in [-0.39, 0.29) is 11.5 Å². The van der Waals surface area contributed by atoms with Crippen LogP contribution in [-0.4, -0.2) is 77.0 Å². The standard InChI is InChI=1S/C25H28N6O2/c1-30-11-13-31(14-12-30)10-4-9-26-24(32)17-7-8-19-18(15-17)16-22(27-19)23-25(33)29-21-6-3-2-5-20(21)28-23/h2-3,5-8,15-16,27H,4,9-14H2,1H3,(H,26,32)(H,29,33). The number of nitrogens with zero attached hydrogens (tertiary/aromatic N) is 3. The van der Waals surface area contributed by atoms with Crippen LogP contribution in [0.4, 0.5) is 0 Å². The Balaban J connectivity index is 1.26. The molecule has 0 spiro atoms. The lowest BCUT2D eigenvalue weighted by Gasteiger charge is -2.32. The molecular weight excluding hydrogens is 416 g/mol. The Kier molecular flexibility index (Phi) is 5.93. The Labute approximate surface area is 191 Å². The van der Waals surface area contributed by atoms with Gasteiger partial charge < -0.3 is 25.1 Å². The summed E-state index contributed by atoms with van der Waals surface area (Å²) in [6, 6.07) is 14.8. The van der Waals surface area contributed by atoms with Gasteiger partial charge in [-0.25, -0.2) is 4.98 Å². The van der Waals surface area contributed by atoms with Crippen LogP contribution in [-0.2, 0) is 0 Å². The minimum atomic E-state index is -0.251. The van der Waals surface area contributed by atoms with Crippen LogP contribution in [0, 0.1) is 0 Å². The molecule has 5 rings (SSSR count). The molecule has 4 aromatic rings. The van der Waals surface area contributed by atoms with Crippen LogP contribution in [0.5, 0.6) is 0 Å². The molecule has 8 heteroatoms. The minimum absolute atomic E-state index is 0.0836. The molecule has 0 bridgehead atoms. The Morgan fingerprint density at radius 3 is 2.70 bits per heavy atom. The smallest absolute Gasteiger partial charge is 0.276 e. The average Bonchev–Trinajstić information content (AvgIpc) is 3.25. The van der Waals surface area contributed by atoms with Crippen molar-refractivity contribution in [2.75, 3.05) is 46.3 Å². The first-order valence-electron chi connectivity index (χ1n) is 11.4. The number of carbonyl (C=O) groups is 1. The number of benzene rings is 2. The SMILES string of the molecule is CN1CCN(CCCNC(=O)c2ccc3[nH]c(-c4nc5ccccc5[nH]c4=O)cc3c2)CC1. The van der Waals surface area contributed by atoms with Crippen molar-refractivity contribution < 1.29 is 4.79 Å². The van der Waals surface area contributed by atoms with Crippen molar-refractivity contribution in [3.63, 3.8) is 0 Å². The number of nitrogens with one attached hydrogen (secondary N) is 3. The highest BCUT2D eigenvalue weighted by Crippen LogP contribution is 2.23. The molecule has 1 aliphatic rings. The number of likely N-dealkylation sites (N-methyl/N-ethyl adjacent to an activating group) is 1. The van der Waals surface area contributed by atoms with E-state index in [1.807, 2.05) is 42.5 Å². The Hall–Kier alpha value is -3.49. The third kappa shape index (κ3) is 4.67. The summed E-state index contributed by atoms with van der Waals surface area (Å²) in [5, 5.41) is 3.89. The van der Waals surface area contributed by atoms with Gasteiger partial charge in [0.25, 0.3) is 11.5 Å². The van der Waals surface area contributed by atoms with Crippen molar-refractivity contribution in [2.24, 2.45) is 0 Å². The average molecular weight is 445 g/mol. The van der Waals surface area contributed by atoms with Crippen LogP contribution in [0.1, 0.15) is 16.8 Å². The highest BCUT2D eigenvalue weighted by Gasteiger charge is 2.14. The quantitative estimate of drug-likeness (QED) is 0.397. The molecule has 1 fully saturated rings. The summed E-state index contributed by atoms with van der Waals surface area (Å²) in [5.74, 6) is -0.0836. The molecule has 0 saturated carbocycles. The maximum Gasteiger partial charge on any atom is 0.276 e. The molecule has 33 heavy (non-hydrogen) atoms. The predicted octanol–water partition coefficient (Wildman–Crippen LogP) is 2.44. The predicted molar refractivity (Wildman–Crippen MR) is 131 cm³/mol. The zero-order chi connectivity index (χ0) is 22.8. The van der Waals surface area contributed by atoms with Crippen LogP contribution < -0.4 is 10.9 Å². The van der Waals surface area contributed by atoms with Crippen LogP contribution >= 0.6 is 0 Å². The topological polar surface area (TPSA) is 97.1 Å². The molecule has 1 amide bonds. The number of para-hydroxylation sites is 2. The lowest BCUT2D eigenvalue weighted by molar-refractivity contribution is 0.0949. The maximum atomic E-state index is 12.7. The zero-order valence-corrected chi connectivity index (χ0v) is 18.7. The molecule has 170 valence electrons. The second kappa shape index (κ2) is 9.17. The molecule has 0 radical (unpaired) electrons. The number of hydrogen-bond acceptors (Lipinski definition) is 5. The van der Waals surface area contributed by atoms with Gasteiger partial charge in [0.1, 0.15) is 0 Å². The van der Waals surface area contributed by atoms with Gasteiger partial charge in [-0.05, 0) is 56.4 Å². The molecule has 0 atom stereocenters. The summed E-state index contributed by atoms with van der Waals surface area (Å²) in [5.41, 5.74) is 3.59. The van der Waals surface area contributed by atoms with Crippen LogP contribution in [0.2, 0.25) is 0 Å². The second-order valence-corrected chi connectivity index (χ2v) is 8.67. The van der Waals surface area contributed by atoms with E-state index in [0.717, 1.165) is 55.6 Å². The van der Waals surface area contributed by atoms with Gasteiger partial charge in [-0.1, -0.05) is 12.1 Å². The van der Waals surface area contributed by atoms with E-state index in [4.69, 9.17) is 0 Å². The molecule has 0 unspecified atom stereocenters. The number of aromatic nitrogens is 3. The fraction of sp³-hybridized carbons (Fsp3) is 0.320. The number of hydrogen-bond donors (Lipinski definition) is 3. The summed E-state index contributed by atoms with van der Waals surface area (Å²) >= 11 is 0. The van der Waals surface area contributed by atoms with E-state index in [1.165, 1.54) is 0 Å². The van der Waals surface area contributed by atoms with E-state index in [1.54, 1.807) is 6.07 Å². The first-order chi connectivity index (χ1) is 16.1. The van der Waals surface area contributed by atoms with Crippen molar-refractivity contribution in [2.45, 2.75) is 6.42 Å². The molecule has 2 aromatic heterocycles. The number of fused-ring (bicyclic) bond motifs is 2. The van der Waals surface area contributed by atoms with Gasteiger partial charge in [0.2, 0.25) is 0 Å². The highest BCUT2D eigenvalue weighted by atomic mass is 16.1. The number of carbonyl (C=O) groups excluding carboxylic acids is 1. The fourth-order valence-corrected chi connectivity index (χ4v) is 4.29. The van der Waals surface area contributed by atoms with Crippen molar-refractivity contribution in [3.05, 3.63) is 64.4 Å². The summed E-state index contributed by atoms with van der Waals surface area (Å²) in [6.07, 6.45) is 0.933. The maximum absolute atomic E-state index is 12.7. The zero-order valence-electron chi connectivity index (χ0n) is 18.7. The summed E-state index contributed by atoms with van der Waals surface area (Å²) < 4.78 is 0. The Morgan fingerprint density at radius 1 is 1.03 bits per heavy atom. The number of amides is 1. The van der Waals surface area contributed by atoms with E-state index in [2.05, 4.69) is 37.1 Å². The monoisotopic (exact) mass is 444 g/mol. The highest BCUT2D eigenvalue weighted by molar-refractivity contribution is 5.99. The molecule has 3 N–H and O–H groups in total. The van der Waals surface area contributed by atoms with E-state index >= 15 is 0 Å². The van der Waals surface area contributed by atoms with Crippen molar-refractivity contribution in [3.8, 4) is 11.4 Å². The van der Waals surface area contributed by atoms with Gasteiger partial charge >= 0.3 is 0 Å². The van der Waals surface area contributed by atoms with Crippen molar-refractivity contribution in [1.82, 2.24) is 30.1 Å². The van der Waals surface area contributed by atoms with Gasteiger partial charge in [0.15, 0.2) is 5.69 Å².